The summed E-state index contributed by atoms with van der Waals surface area (Å²) in [6.45, 7) is 9.71. The van der Waals surface area contributed by atoms with Gasteiger partial charge in [0.1, 0.15) is 0 Å². The minimum atomic E-state index is -0.236. The fourth-order valence-electron chi connectivity index (χ4n) is 4.71. The van der Waals surface area contributed by atoms with Crippen molar-refractivity contribution in [3.8, 4) is 0 Å². The molecule has 2 aromatic rings. The second kappa shape index (κ2) is 7.76. The molecule has 2 aromatic heterocycles. The van der Waals surface area contributed by atoms with Gasteiger partial charge in [0.05, 0.1) is 17.7 Å². The van der Waals surface area contributed by atoms with E-state index in [0.29, 0.717) is 5.91 Å². The highest BCUT2D eigenvalue weighted by Crippen LogP contribution is 2.44. The highest BCUT2D eigenvalue weighted by Gasteiger charge is 2.46. The number of hydrogen-bond donors (Lipinski definition) is 0. The Hall–Kier alpha value is -1.66. The Bertz CT molecular complexity index is 768. The predicted molar refractivity (Wildman–Crippen MR) is 109 cm³/mol. The molecule has 3 heterocycles. The fraction of sp³-hybridized carbons (Fsp3) is 0.619. The lowest BCUT2D eigenvalue weighted by Crippen LogP contribution is -2.54. The van der Waals surface area contributed by atoms with Crippen molar-refractivity contribution >= 4 is 17.2 Å². The van der Waals surface area contributed by atoms with Crippen LogP contribution < -0.4 is 0 Å². The van der Waals surface area contributed by atoms with Crippen molar-refractivity contribution in [2.75, 3.05) is 32.7 Å². The zero-order valence-electron chi connectivity index (χ0n) is 16.5. The lowest BCUT2D eigenvalue weighted by molar-refractivity contribution is -0.139. The maximum Gasteiger partial charge on any atom is 0.234 e. The smallest absolute Gasteiger partial charge is 0.234 e. The van der Waals surface area contributed by atoms with Gasteiger partial charge in [0.15, 0.2) is 0 Å². The van der Waals surface area contributed by atoms with E-state index >= 15 is 0 Å². The van der Waals surface area contributed by atoms with E-state index in [9.17, 15) is 4.79 Å². The minimum absolute atomic E-state index is 0.236. The fourth-order valence-corrected chi connectivity index (χ4v) is 5.69. The number of nitrogens with zero attached hydrogens (tertiary/aromatic N) is 4. The van der Waals surface area contributed by atoms with Gasteiger partial charge >= 0.3 is 0 Å². The van der Waals surface area contributed by atoms with Gasteiger partial charge in [-0.1, -0.05) is 18.9 Å². The first kappa shape index (κ1) is 18.7. The molecule has 2 aliphatic rings. The maximum absolute atomic E-state index is 13.5. The molecule has 1 saturated carbocycles. The van der Waals surface area contributed by atoms with E-state index in [0.717, 1.165) is 57.8 Å². The standard InChI is InChI=1S/C21H30N4OS/c1-17-16-18(2)25(22-17)14-11-23-9-12-24(13-10-23)20(26)21(7-3-4-8-21)19-6-5-15-27-19/h5-6,15-16H,3-4,7-14H2,1-2H3. The molecule has 0 atom stereocenters. The molecule has 0 spiro atoms. The number of aromatic nitrogens is 2. The highest BCUT2D eigenvalue weighted by atomic mass is 32.1. The van der Waals surface area contributed by atoms with Crippen LogP contribution in [0.2, 0.25) is 0 Å². The minimum Gasteiger partial charge on any atom is -0.339 e. The third-order valence-electron chi connectivity index (χ3n) is 6.25. The molecule has 6 heteroatoms. The topological polar surface area (TPSA) is 41.4 Å². The molecule has 1 aliphatic heterocycles. The number of carbonyl (C=O) groups is 1. The molecule has 1 aliphatic carbocycles. The summed E-state index contributed by atoms with van der Waals surface area (Å²) in [5, 5.41) is 6.67. The van der Waals surface area contributed by atoms with E-state index in [1.165, 1.54) is 23.4 Å². The second-order valence-corrected chi connectivity index (χ2v) is 9.00. The van der Waals surface area contributed by atoms with Crippen LogP contribution in [0, 0.1) is 13.8 Å². The zero-order valence-corrected chi connectivity index (χ0v) is 17.3. The molecular weight excluding hydrogens is 356 g/mol. The normalized spacial score (nSPS) is 20.3. The molecule has 4 rings (SSSR count). The third kappa shape index (κ3) is 3.69. The van der Waals surface area contributed by atoms with Gasteiger partial charge in [-0.05, 0) is 44.2 Å². The largest absolute Gasteiger partial charge is 0.339 e. The van der Waals surface area contributed by atoms with Gasteiger partial charge in [0.2, 0.25) is 5.91 Å². The summed E-state index contributed by atoms with van der Waals surface area (Å²) in [6, 6.07) is 6.38. The van der Waals surface area contributed by atoms with Crippen molar-refractivity contribution in [1.29, 1.82) is 0 Å². The van der Waals surface area contributed by atoms with E-state index in [-0.39, 0.29) is 5.41 Å². The number of carbonyl (C=O) groups excluding carboxylic acids is 1. The van der Waals surface area contributed by atoms with Gasteiger partial charge in [-0.15, -0.1) is 11.3 Å². The highest BCUT2D eigenvalue weighted by molar-refractivity contribution is 7.10. The maximum atomic E-state index is 13.5. The van der Waals surface area contributed by atoms with Crippen LogP contribution in [0.3, 0.4) is 0 Å². The first-order chi connectivity index (χ1) is 13.1. The summed E-state index contributed by atoms with van der Waals surface area (Å²) >= 11 is 1.75. The van der Waals surface area contributed by atoms with Crippen LogP contribution in [-0.2, 0) is 16.8 Å². The quantitative estimate of drug-likeness (QED) is 0.792. The molecule has 0 radical (unpaired) electrons. The molecule has 0 unspecified atom stereocenters. The van der Waals surface area contributed by atoms with E-state index in [1.807, 2.05) is 6.92 Å². The summed E-state index contributed by atoms with van der Waals surface area (Å²) in [5.74, 6) is 0.376. The summed E-state index contributed by atoms with van der Waals surface area (Å²) in [5.41, 5.74) is 2.07. The van der Waals surface area contributed by atoms with Crippen LogP contribution in [0.25, 0.3) is 0 Å². The third-order valence-corrected chi connectivity index (χ3v) is 7.32. The second-order valence-electron chi connectivity index (χ2n) is 8.05. The monoisotopic (exact) mass is 386 g/mol. The Balaban J connectivity index is 1.34. The van der Waals surface area contributed by atoms with Gasteiger partial charge in [-0.2, -0.15) is 5.10 Å². The van der Waals surface area contributed by atoms with E-state index in [4.69, 9.17) is 0 Å². The van der Waals surface area contributed by atoms with Gasteiger partial charge in [0.25, 0.3) is 0 Å². The lowest BCUT2D eigenvalue weighted by Gasteiger charge is -2.39. The molecule has 2 fully saturated rings. The molecule has 27 heavy (non-hydrogen) atoms. The van der Waals surface area contributed by atoms with Gasteiger partial charge in [0, 0.05) is 43.3 Å². The lowest BCUT2D eigenvalue weighted by atomic mass is 9.82. The number of hydrogen-bond acceptors (Lipinski definition) is 4. The van der Waals surface area contributed by atoms with Crippen LogP contribution in [0.1, 0.15) is 41.9 Å². The number of aryl methyl sites for hydroxylation is 2. The van der Waals surface area contributed by atoms with Gasteiger partial charge in [-0.3, -0.25) is 14.4 Å². The summed E-state index contributed by atoms with van der Waals surface area (Å²) in [7, 11) is 0. The summed E-state index contributed by atoms with van der Waals surface area (Å²) < 4.78 is 2.09. The van der Waals surface area contributed by atoms with Crippen LogP contribution in [0.15, 0.2) is 23.6 Å². The average molecular weight is 387 g/mol. The molecular formula is C21H30N4OS. The van der Waals surface area contributed by atoms with Crippen LogP contribution >= 0.6 is 11.3 Å². The molecule has 0 aromatic carbocycles. The first-order valence-electron chi connectivity index (χ1n) is 10.2. The van der Waals surface area contributed by atoms with Crippen LogP contribution in [-0.4, -0.2) is 58.2 Å². The van der Waals surface area contributed by atoms with Crippen molar-refractivity contribution in [1.82, 2.24) is 19.6 Å². The Morgan fingerprint density at radius 2 is 1.89 bits per heavy atom. The number of rotatable bonds is 5. The number of piperazine rings is 1. The van der Waals surface area contributed by atoms with Crippen molar-refractivity contribution in [2.45, 2.75) is 51.5 Å². The van der Waals surface area contributed by atoms with Gasteiger partial charge < -0.3 is 4.90 Å². The summed E-state index contributed by atoms with van der Waals surface area (Å²) in [6.07, 6.45) is 4.38. The van der Waals surface area contributed by atoms with Crippen molar-refractivity contribution in [3.63, 3.8) is 0 Å². The van der Waals surface area contributed by atoms with E-state index in [2.05, 4.69) is 50.1 Å². The van der Waals surface area contributed by atoms with Crippen molar-refractivity contribution in [2.24, 2.45) is 0 Å². The Morgan fingerprint density at radius 3 is 2.48 bits per heavy atom. The van der Waals surface area contributed by atoms with E-state index < -0.39 is 0 Å². The van der Waals surface area contributed by atoms with Crippen molar-refractivity contribution in [3.05, 3.63) is 39.8 Å². The molecule has 1 saturated heterocycles. The SMILES string of the molecule is Cc1cc(C)n(CCN2CCN(C(=O)C3(c4cccs4)CCCC3)CC2)n1. The van der Waals surface area contributed by atoms with Crippen molar-refractivity contribution < 1.29 is 4.79 Å². The number of thiophene rings is 1. The molecule has 5 nitrogen and oxygen atoms in total. The Labute approximate surface area is 166 Å². The molecule has 146 valence electrons. The first-order valence-corrected chi connectivity index (χ1v) is 11.0. The molecule has 0 bridgehead atoms. The average Bonchev–Trinajstić information content (AvgIpc) is 3.41. The van der Waals surface area contributed by atoms with E-state index in [1.54, 1.807) is 11.3 Å². The Kier molecular flexibility index (Phi) is 5.37. The zero-order chi connectivity index (χ0) is 18.9. The molecule has 0 N–H and O–H groups in total. The van der Waals surface area contributed by atoms with Gasteiger partial charge in [-0.25, -0.2) is 0 Å². The number of amides is 1. The van der Waals surface area contributed by atoms with Crippen LogP contribution in [0.4, 0.5) is 0 Å². The predicted octanol–water partition coefficient (Wildman–Crippen LogP) is 3.22. The summed E-state index contributed by atoms with van der Waals surface area (Å²) in [4.78, 5) is 19.3. The Morgan fingerprint density at radius 1 is 1.15 bits per heavy atom. The molecule has 1 amide bonds. The van der Waals surface area contributed by atoms with Crippen LogP contribution in [0.5, 0.6) is 0 Å².